The molecule has 0 fully saturated rings. The van der Waals surface area contributed by atoms with Crippen LogP contribution in [0.2, 0.25) is 0 Å². The van der Waals surface area contributed by atoms with Crippen LogP contribution in [-0.2, 0) is 6.54 Å². The number of fused-ring (bicyclic) bond motifs is 1. The van der Waals surface area contributed by atoms with Gasteiger partial charge >= 0.3 is 0 Å². The van der Waals surface area contributed by atoms with Gasteiger partial charge in [-0.2, -0.15) is 5.26 Å². The Labute approximate surface area is 125 Å². The predicted molar refractivity (Wildman–Crippen MR) is 78.8 cm³/mol. The number of nitro benzene ring substituents is 1. The Morgan fingerprint density at radius 1 is 1.23 bits per heavy atom. The Balaban J connectivity index is 2.08. The number of non-ortho nitro benzene ring substituents is 1. The fourth-order valence-corrected chi connectivity index (χ4v) is 2.41. The number of hydrogen-bond acceptors (Lipinski definition) is 3. The summed E-state index contributed by atoms with van der Waals surface area (Å²) >= 11 is 0. The van der Waals surface area contributed by atoms with Crippen LogP contribution in [0, 0.1) is 27.3 Å². The zero-order valence-corrected chi connectivity index (χ0v) is 11.4. The second kappa shape index (κ2) is 5.30. The fourth-order valence-electron chi connectivity index (χ4n) is 2.41. The molecular weight excluding hydrogens is 285 g/mol. The van der Waals surface area contributed by atoms with Crippen LogP contribution in [0.25, 0.3) is 10.9 Å². The molecule has 3 aromatic rings. The van der Waals surface area contributed by atoms with Crippen LogP contribution in [0.3, 0.4) is 0 Å². The first kappa shape index (κ1) is 13.8. The summed E-state index contributed by atoms with van der Waals surface area (Å²) in [7, 11) is 0. The lowest BCUT2D eigenvalue weighted by Crippen LogP contribution is -1.98. The molecule has 0 saturated heterocycles. The van der Waals surface area contributed by atoms with E-state index >= 15 is 0 Å². The molecule has 0 aliphatic carbocycles. The third kappa shape index (κ3) is 2.40. The molecule has 0 unspecified atom stereocenters. The van der Waals surface area contributed by atoms with Crippen molar-refractivity contribution in [1.82, 2.24) is 4.57 Å². The van der Waals surface area contributed by atoms with Gasteiger partial charge in [-0.3, -0.25) is 10.1 Å². The van der Waals surface area contributed by atoms with Crippen molar-refractivity contribution in [3.05, 3.63) is 75.7 Å². The molecule has 0 N–H and O–H groups in total. The number of benzene rings is 2. The smallest absolute Gasteiger partial charge is 0.270 e. The van der Waals surface area contributed by atoms with Crippen LogP contribution in [-0.4, -0.2) is 9.49 Å². The van der Waals surface area contributed by atoms with E-state index in [2.05, 4.69) is 0 Å². The van der Waals surface area contributed by atoms with Gasteiger partial charge in [0.25, 0.3) is 5.69 Å². The molecule has 0 radical (unpaired) electrons. The molecule has 0 aliphatic rings. The summed E-state index contributed by atoms with van der Waals surface area (Å²) in [6.45, 7) is 0.455. The van der Waals surface area contributed by atoms with E-state index in [0.29, 0.717) is 17.5 Å². The van der Waals surface area contributed by atoms with Gasteiger partial charge in [-0.05, 0) is 23.8 Å². The van der Waals surface area contributed by atoms with Gasteiger partial charge in [-0.25, -0.2) is 4.39 Å². The van der Waals surface area contributed by atoms with Crippen molar-refractivity contribution in [2.24, 2.45) is 0 Å². The Kier molecular flexibility index (Phi) is 3.31. The highest BCUT2D eigenvalue weighted by atomic mass is 19.1. The highest BCUT2D eigenvalue weighted by molar-refractivity contribution is 5.88. The molecule has 1 heterocycles. The largest absolute Gasteiger partial charge is 0.342 e. The van der Waals surface area contributed by atoms with Gasteiger partial charge in [-0.15, -0.1) is 0 Å². The number of rotatable bonds is 3. The molecule has 0 atom stereocenters. The van der Waals surface area contributed by atoms with Gasteiger partial charge in [0.15, 0.2) is 0 Å². The van der Waals surface area contributed by atoms with Crippen LogP contribution in [0.1, 0.15) is 11.1 Å². The maximum atomic E-state index is 12.9. The number of aromatic nitrogens is 1. The minimum Gasteiger partial charge on any atom is -0.342 e. The maximum absolute atomic E-state index is 12.9. The Morgan fingerprint density at radius 3 is 2.59 bits per heavy atom. The SMILES string of the molecule is N#Cc1cn(Cc2ccc(F)cc2)c2ccc([N+](=O)[O-])cc12. The first-order valence-corrected chi connectivity index (χ1v) is 6.50. The van der Waals surface area contributed by atoms with Crippen LogP contribution in [0.4, 0.5) is 10.1 Å². The Morgan fingerprint density at radius 2 is 1.95 bits per heavy atom. The zero-order valence-electron chi connectivity index (χ0n) is 11.4. The number of nitrogens with zero attached hydrogens (tertiary/aromatic N) is 3. The molecule has 5 nitrogen and oxygen atoms in total. The number of halogens is 1. The van der Waals surface area contributed by atoms with E-state index in [1.54, 1.807) is 24.4 Å². The van der Waals surface area contributed by atoms with Gasteiger partial charge in [-0.1, -0.05) is 12.1 Å². The van der Waals surface area contributed by atoms with E-state index in [1.807, 2.05) is 10.6 Å². The van der Waals surface area contributed by atoms with Crippen molar-refractivity contribution in [3.63, 3.8) is 0 Å². The summed E-state index contributed by atoms with van der Waals surface area (Å²) in [5, 5.41) is 20.6. The molecule has 2 aromatic carbocycles. The molecule has 108 valence electrons. The van der Waals surface area contributed by atoms with Gasteiger partial charge in [0.1, 0.15) is 11.9 Å². The minimum atomic E-state index is -0.488. The third-order valence-electron chi connectivity index (χ3n) is 3.46. The summed E-state index contributed by atoms with van der Waals surface area (Å²) in [5.41, 5.74) is 1.93. The van der Waals surface area contributed by atoms with Crippen molar-refractivity contribution >= 4 is 16.6 Å². The minimum absolute atomic E-state index is 0.0523. The molecule has 0 saturated carbocycles. The predicted octanol–water partition coefficient (Wildman–Crippen LogP) is 3.61. The van der Waals surface area contributed by atoms with Crippen LogP contribution in [0.15, 0.2) is 48.7 Å². The molecule has 0 bridgehead atoms. The average molecular weight is 295 g/mol. The van der Waals surface area contributed by atoms with Crippen molar-refractivity contribution in [2.45, 2.75) is 6.54 Å². The van der Waals surface area contributed by atoms with Gasteiger partial charge in [0, 0.05) is 30.3 Å². The summed E-state index contributed by atoms with van der Waals surface area (Å²) in [6.07, 6.45) is 1.65. The Hall–Kier alpha value is -3.20. The van der Waals surface area contributed by atoms with Crippen LogP contribution in [0.5, 0.6) is 0 Å². The number of nitro groups is 1. The molecule has 0 spiro atoms. The third-order valence-corrected chi connectivity index (χ3v) is 3.46. The highest BCUT2D eigenvalue weighted by Crippen LogP contribution is 2.26. The van der Waals surface area contributed by atoms with Crippen molar-refractivity contribution in [2.75, 3.05) is 0 Å². The summed E-state index contributed by atoms with van der Waals surface area (Å²) in [4.78, 5) is 10.4. The van der Waals surface area contributed by atoms with Gasteiger partial charge in [0.05, 0.1) is 16.0 Å². The lowest BCUT2D eigenvalue weighted by molar-refractivity contribution is -0.384. The van der Waals surface area contributed by atoms with E-state index in [0.717, 1.165) is 11.1 Å². The topological polar surface area (TPSA) is 71.9 Å². The van der Waals surface area contributed by atoms with E-state index in [-0.39, 0.29) is 11.5 Å². The maximum Gasteiger partial charge on any atom is 0.270 e. The van der Waals surface area contributed by atoms with Crippen LogP contribution >= 0.6 is 0 Å². The van der Waals surface area contributed by atoms with E-state index < -0.39 is 4.92 Å². The van der Waals surface area contributed by atoms with Crippen molar-refractivity contribution in [3.8, 4) is 6.07 Å². The van der Waals surface area contributed by atoms with Crippen LogP contribution < -0.4 is 0 Å². The summed E-state index contributed by atoms with van der Waals surface area (Å²) in [6, 6.07) is 12.6. The van der Waals surface area contributed by atoms with Crippen molar-refractivity contribution < 1.29 is 9.31 Å². The zero-order chi connectivity index (χ0) is 15.7. The normalized spacial score (nSPS) is 10.5. The molecule has 1 aromatic heterocycles. The van der Waals surface area contributed by atoms with Gasteiger partial charge < -0.3 is 4.57 Å². The molecule has 0 aliphatic heterocycles. The monoisotopic (exact) mass is 295 g/mol. The fraction of sp³-hybridized carbons (Fsp3) is 0.0625. The first-order chi connectivity index (χ1) is 10.6. The standard InChI is InChI=1S/C16H10FN3O2/c17-13-3-1-11(2-4-13)9-19-10-12(8-18)15-7-14(20(21)22)5-6-16(15)19/h1-7,10H,9H2. The summed E-state index contributed by atoms with van der Waals surface area (Å²) in [5.74, 6) is -0.311. The number of hydrogen-bond donors (Lipinski definition) is 0. The molecule has 0 amide bonds. The lowest BCUT2D eigenvalue weighted by atomic mass is 10.1. The average Bonchev–Trinajstić information content (AvgIpc) is 2.86. The Bertz CT molecular complexity index is 908. The number of nitriles is 1. The molecule has 3 rings (SSSR count). The second-order valence-corrected chi connectivity index (χ2v) is 4.87. The molecule has 6 heteroatoms. The summed E-state index contributed by atoms with van der Waals surface area (Å²) < 4.78 is 14.8. The van der Waals surface area contributed by atoms with E-state index in [1.165, 1.54) is 24.3 Å². The second-order valence-electron chi connectivity index (χ2n) is 4.87. The lowest BCUT2D eigenvalue weighted by Gasteiger charge is -2.05. The molecule has 22 heavy (non-hydrogen) atoms. The van der Waals surface area contributed by atoms with Gasteiger partial charge in [0.2, 0.25) is 0 Å². The van der Waals surface area contributed by atoms with E-state index in [4.69, 9.17) is 0 Å². The van der Waals surface area contributed by atoms with E-state index in [9.17, 15) is 19.8 Å². The quantitative estimate of drug-likeness (QED) is 0.547. The first-order valence-electron chi connectivity index (χ1n) is 6.50. The molecular formula is C16H10FN3O2. The van der Waals surface area contributed by atoms with Crippen molar-refractivity contribution in [1.29, 1.82) is 5.26 Å². The highest BCUT2D eigenvalue weighted by Gasteiger charge is 2.13.